The second kappa shape index (κ2) is 4.50. The van der Waals surface area contributed by atoms with Crippen LogP contribution in [0.1, 0.15) is 0 Å². The molecule has 0 fully saturated rings. The van der Waals surface area contributed by atoms with Crippen LogP contribution in [0.4, 0.5) is 0 Å². The average molecular weight is 258 g/mol. The zero-order valence-corrected chi connectivity index (χ0v) is 9.95. The molecular weight excluding hydrogens is 248 g/mol. The van der Waals surface area contributed by atoms with Gasteiger partial charge in [0.25, 0.3) is 11.9 Å². The van der Waals surface area contributed by atoms with Gasteiger partial charge in [-0.1, -0.05) is 11.6 Å². The summed E-state index contributed by atoms with van der Waals surface area (Å²) in [7, 11) is 3.01. The predicted molar refractivity (Wildman–Crippen MR) is 59.0 cm³/mol. The molecule has 0 bridgehead atoms. The molecule has 0 saturated heterocycles. The molecule has 0 unspecified atom stereocenters. The van der Waals surface area contributed by atoms with Crippen molar-refractivity contribution in [3.8, 4) is 17.2 Å². The monoisotopic (exact) mass is 257 g/mol. The standard InChI is InChI=1S/C10H9ClN2O4/c1-15-8-4-9(16-2)7(3-6(8)11)13-5-10(14)17-12-13/h3-5H,1-2H3/p+1. The van der Waals surface area contributed by atoms with Gasteiger partial charge in [-0.2, -0.15) is 0 Å². The molecule has 17 heavy (non-hydrogen) atoms. The lowest BCUT2D eigenvalue weighted by Crippen LogP contribution is -2.32. The molecule has 0 aliphatic rings. The summed E-state index contributed by atoms with van der Waals surface area (Å²) in [6, 6.07) is 3.22. The van der Waals surface area contributed by atoms with E-state index >= 15 is 0 Å². The minimum absolute atomic E-state index is 0.401. The fraction of sp³-hybridized carbons (Fsp3) is 0.200. The van der Waals surface area contributed by atoms with Gasteiger partial charge < -0.3 is 9.47 Å². The summed E-state index contributed by atoms with van der Waals surface area (Å²) >= 11 is 6.00. The highest BCUT2D eigenvalue weighted by atomic mass is 35.5. The number of methoxy groups -OCH3 is 2. The van der Waals surface area contributed by atoms with E-state index in [1.165, 1.54) is 25.1 Å². The summed E-state index contributed by atoms with van der Waals surface area (Å²) < 4.78 is 16.2. The third-order valence-corrected chi connectivity index (χ3v) is 2.49. The van der Waals surface area contributed by atoms with Crippen LogP contribution in [0.25, 0.3) is 5.69 Å². The number of aromatic amines is 1. The molecule has 0 aliphatic carbocycles. The molecule has 0 aliphatic heterocycles. The second-order valence-electron chi connectivity index (χ2n) is 3.17. The van der Waals surface area contributed by atoms with Crippen LogP contribution in [0.3, 0.4) is 0 Å². The fourth-order valence-electron chi connectivity index (χ4n) is 1.40. The van der Waals surface area contributed by atoms with Crippen molar-refractivity contribution in [1.29, 1.82) is 0 Å². The average Bonchev–Trinajstić information content (AvgIpc) is 2.75. The molecule has 0 radical (unpaired) electrons. The van der Waals surface area contributed by atoms with Gasteiger partial charge in [0.05, 0.1) is 19.2 Å². The number of nitrogens with zero attached hydrogens (tertiary/aromatic N) is 1. The molecule has 2 aromatic rings. The van der Waals surface area contributed by atoms with Crippen LogP contribution in [0.2, 0.25) is 5.02 Å². The van der Waals surface area contributed by atoms with Gasteiger partial charge in [-0.3, -0.25) is 4.52 Å². The lowest BCUT2D eigenvalue weighted by atomic mass is 10.2. The number of rotatable bonds is 3. The molecule has 0 atom stereocenters. The van der Waals surface area contributed by atoms with Gasteiger partial charge in [0.15, 0.2) is 5.75 Å². The summed E-state index contributed by atoms with van der Waals surface area (Å²) in [4.78, 5) is 11.0. The zero-order chi connectivity index (χ0) is 12.4. The van der Waals surface area contributed by atoms with E-state index in [2.05, 4.69) is 9.79 Å². The highest BCUT2D eigenvalue weighted by molar-refractivity contribution is 6.32. The molecule has 6 nitrogen and oxygen atoms in total. The maximum Gasteiger partial charge on any atom is 0.427 e. The Bertz CT molecular complexity index is 590. The Morgan fingerprint density at radius 2 is 2.00 bits per heavy atom. The highest BCUT2D eigenvalue weighted by Crippen LogP contribution is 2.32. The van der Waals surface area contributed by atoms with Gasteiger partial charge in [-0.05, 0) is 9.95 Å². The van der Waals surface area contributed by atoms with Crippen molar-refractivity contribution in [1.82, 2.24) is 5.27 Å². The Morgan fingerprint density at radius 3 is 2.53 bits per heavy atom. The van der Waals surface area contributed by atoms with Crippen molar-refractivity contribution >= 4 is 11.6 Å². The number of benzene rings is 1. The maximum atomic E-state index is 11.0. The molecule has 90 valence electrons. The Kier molecular flexibility index (Phi) is 3.06. The van der Waals surface area contributed by atoms with Crippen LogP contribution in [0.5, 0.6) is 11.5 Å². The summed E-state index contributed by atoms with van der Waals surface area (Å²) in [5.41, 5.74) is 0.0446. The molecule has 1 aromatic heterocycles. The topological polar surface area (TPSA) is 68.3 Å². The molecule has 7 heteroatoms. The maximum absolute atomic E-state index is 11.0. The summed E-state index contributed by atoms with van der Waals surface area (Å²) in [5.74, 6) is 0.979. The number of hydrogen-bond acceptors (Lipinski definition) is 4. The first-order valence-electron chi connectivity index (χ1n) is 4.67. The molecule has 1 N–H and O–H groups in total. The number of halogens is 1. The second-order valence-corrected chi connectivity index (χ2v) is 3.58. The van der Waals surface area contributed by atoms with Crippen LogP contribution in [-0.4, -0.2) is 19.5 Å². The predicted octanol–water partition coefficient (Wildman–Crippen LogP) is 0.915. The minimum Gasteiger partial charge on any atom is -0.495 e. The number of nitrogens with one attached hydrogen (secondary N) is 1. The largest absolute Gasteiger partial charge is 0.495 e. The van der Waals surface area contributed by atoms with E-state index < -0.39 is 5.63 Å². The van der Waals surface area contributed by atoms with Gasteiger partial charge in [-0.25, -0.2) is 4.79 Å². The summed E-state index contributed by atoms with van der Waals surface area (Å²) in [5, 5.41) is 2.81. The smallest absolute Gasteiger partial charge is 0.427 e. The minimum atomic E-state index is -0.501. The van der Waals surface area contributed by atoms with Crippen molar-refractivity contribution < 1.29 is 18.7 Å². The third kappa shape index (κ3) is 2.12. The summed E-state index contributed by atoms with van der Waals surface area (Å²) in [6.45, 7) is 0. The molecule has 1 heterocycles. The van der Waals surface area contributed by atoms with E-state index in [4.69, 9.17) is 21.1 Å². The molecular formula is C10H10ClN2O4+. The Balaban J connectivity index is 2.60. The molecule has 1 aromatic carbocycles. The Labute approximate surface area is 101 Å². The van der Waals surface area contributed by atoms with E-state index in [1.54, 1.807) is 12.1 Å². The van der Waals surface area contributed by atoms with Crippen LogP contribution >= 0.6 is 11.6 Å². The number of hydrogen-bond donors (Lipinski definition) is 1. The van der Waals surface area contributed by atoms with Crippen molar-refractivity contribution in [3.05, 3.63) is 33.8 Å². The molecule has 0 amide bonds. The molecule has 2 rings (SSSR count). The molecule has 0 saturated carbocycles. The zero-order valence-electron chi connectivity index (χ0n) is 9.19. The van der Waals surface area contributed by atoms with Gasteiger partial charge in [0, 0.05) is 12.1 Å². The number of ether oxygens (including phenoxy) is 2. The Hall–Kier alpha value is -1.95. The third-order valence-electron chi connectivity index (χ3n) is 2.19. The lowest BCUT2D eigenvalue weighted by molar-refractivity contribution is -0.670. The van der Waals surface area contributed by atoms with E-state index in [0.717, 1.165) is 0 Å². The normalized spacial score (nSPS) is 10.3. The lowest BCUT2D eigenvalue weighted by Gasteiger charge is -2.06. The van der Waals surface area contributed by atoms with Crippen molar-refractivity contribution in [2.24, 2.45) is 0 Å². The first-order valence-corrected chi connectivity index (χ1v) is 5.05. The SMILES string of the molecule is COc1cc(OC)c(-[n+]2cc(=O)o[nH]2)cc1Cl. The van der Waals surface area contributed by atoms with E-state index in [9.17, 15) is 4.79 Å². The number of aromatic nitrogens is 2. The van der Waals surface area contributed by atoms with Crippen molar-refractivity contribution in [2.75, 3.05) is 14.2 Å². The quantitative estimate of drug-likeness (QED) is 0.830. The van der Waals surface area contributed by atoms with Crippen LogP contribution in [-0.2, 0) is 0 Å². The van der Waals surface area contributed by atoms with Crippen LogP contribution < -0.4 is 19.8 Å². The van der Waals surface area contributed by atoms with Gasteiger partial charge in [-0.15, -0.1) is 0 Å². The highest BCUT2D eigenvalue weighted by Gasteiger charge is 2.20. The Morgan fingerprint density at radius 1 is 1.29 bits per heavy atom. The van der Waals surface area contributed by atoms with E-state index in [-0.39, 0.29) is 0 Å². The van der Waals surface area contributed by atoms with E-state index in [0.29, 0.717) is 22.2 Å². The molecule has 0 spiro atoms. The van der Waals surface area contributed by atoms with Gasteiger partial charge in [0.2, 0.25) is 0 Å². The van der Waals surface area contributed by atoms with Gasteiger partial charge >= 0.3 is 5.63 Å². The summed E-state index contributed by atoms with van der Waals surface area (Å²) in [6.07, 6.45) is 1.24. The van der Waals surface area contributed by atoms with Gasteiger partial charge in [0.1, 0.15) is 5.75 Å². The fourth-order valence-corrected chi connectivity index (χ4v) is 1.64. The first-order chi connectivity index (χ1) is 8.15. The number of H-pyrrole nitrogens is 1. The van der Waals surface area contributed by atoms with Crippen LogP contribution in [0, 0.1) is 0 Å². The first kappa shape index (κ1) is 11.5. The van der Waals surface area contributed by atoms with Crippen molar-refractivity contribution in [2.45, 2.75) is 0 Å². The van der Waals surface area contributed by atoms with E-state index in [1.807, 2.05) is 0 Å². The van der Waals surface area contributed by atoms with Crippen LogP contribution in [0.15, 0.2) is 27.6 Å². The van der Waals surface area contributed by atoms with Crippen molar-refractivity contribution in [3.63, 3.8) is 0 Å².